The van der Waals surface area contributed by atoms with Crippen molar-refractivity contribution < 1.29 is 47.2 Å². The van der Waals surface area contributed by atoms with Gasteiger partial charge in [-0.1, -0.05) is 80.6 Å². The van der Waals surface area contributed by atoms with Crippen molar-refractivity contribution in [1.29, 1.82) is 0 Å². The Labute approximate surface area is 248 Å². The summed E-state index contributed by atoms with van der Waals surface area (Å²) in [5.74, 6) is -3.32. The van der Waals surface area contributed by atoms with Gasteiger partial charge in [0.25, 0.3) is 0 Å². The second-order valence-corrected chi connectivity index (χ2v) is 11.1. The number of ketones is 1. The first kappa shape index (κ1) is 32.8. The maximum absolute atomic E-state index is 13.5. The smallest absolute Gasteiger partial charge is 0.481 e. The lowest BCUT2D eigenvalue weighted by Crippen LogP contribution is -2.54. The van der Waals surface area contributed by atoms with E-state index in [0.29, 0.717) is 0 Å². The molecule has 0 aliphatic carbocycles. The molecule has 0 saturated heterocycles. The lowest BCUT2D eigenvalue weighted by molar-refractivity contribution is -0.140. The summed E-state index contributed by atoms with van der Waals surface area (Å²) in [5.41, 5.74) is 0.736. The van der Waals surface area contributed by atoms with Gasteiger partial charge in [0.2, 0.25) is 5.91 Å². The Kier molecular flexibility index (Phi) is 12.3. The second-order valence-electron chi connectivity index (χ2n) is 9.58. The lowest BCUT2D eigenvalue weighted by atomic mass is 10.0. The molecule has 0 unspecified atom stereocenters. The zero-order valence-electron chi connectivity index (χ0n) is 23.6. The maximum Gasteiger partial charge on any atom is 0.588 e. The van der Waals surface area contributed by atoms with E-state index in [2.05, 4.69) is 10.6 Å². The van der Waals surface area contributed by atoms with Crippen molar-refractivity contribution in [1.82, 2.24) is 10.6 Å². The third-order valence-corrected chi connectivity index (χ3v) is 7.12. The van der Waals surface area contributed by atoms with Gasteiger partial charge in [0, 0.05) is 0 Å². The van der Waals surface area contributed by atoms with Crippen molar-refractivity contribution in [2.24, 2.45) is 5.92 Å². The van der Waals surface area contributed by atoms with Gasteiger partial charge in [0.05, 0.1) is 6.42 Å². The van der Waals surface area contributed by atoms with Crippen molar-refractivity contribution in [2.75, 3.05) is 6.61 Å². The number of hydrogen-bond donors (Lipinski definition) is 3. The molecule has 3 aromatic carbocycles. The molecule has 0 saturated carbocycles. The van der Waals surface area contributed by atoms with Crippen LogP contribution in [0, 0.1) is 5.92 Å². The number of phosphoric ester groups is 1. The summed E-state index contributed by atoms with van der Waals surface area (Å²) >= 11 is 0. The Morgan fingerprint density at radius 1 is 0.791 bits per heavy atom. The number of ether oxygens (including phenoxy) is 1. The number of benzene rings is 3. The highest BCUT2D eigenvalue weighted by atomic mass is 31.2. The van der Waals surface area contributed by atoms with Gasteiger partial charge >= 0.3 is 19.9 Å². The molecule has 3 aromatic rings. The number of carboxylic acids is 1. The molecule has 0 heterocycles. The van der Waals surface area contributed by atoms with Gasteiger partial charge < -0.3 is 29.5 Å². The van der Waals surface area contributed by atoms with Crippen LogP contribution in [-0.2, 0) is 34.8 Å². The second kappa shape index (κ2) is 16.1. The Morgan fingerprint density at radius 3 is 1.79 bits per heavy atom. The molecular formula is C30H33N2O10P. The summed E-state index contributed by atoms with van der Waals surface area (Å²) in [5, 5.41) is 14.2. The summed E-state index contributed by atoms with van der Waals surface area (Å²) in [7, 11) is -4.47. The van der Waals surface area contributed by atoms with Gasteiger partial charge in [0.1, 0.15) is 36.8 Å². The summed E-state index contributed by atoms with van der Waals surface area (Å²) in [6.07, 6.45) is -1.68. The van der Waals surface area contributed by atoms with E-state index in [1.807, 2.05) is 6.07 Å². The van der Waals surface area contributed by atoms with Crippen LogP contribution in [0.2, 0.25) is 0 Å². The quantitative estimate of drug-likeness (QED) is 0.192. The number of carboxylic acid groups (broad SMARTS) is 1. The molecule has 13 heteroatoms. The summed E-state index contributed by atoms with van der Waals surface area (Å²) in [6.45, 7) is 2.34. The molecule has 0 fully saturated rings. The molecule has 0 radical (unpaired) electrons. The first-order chi connectivity index (χ1) is 20.5. The first-order valence-electron chi connectivity index (χ1n) is 13.3. The van der Waals surface area contributed by atoms with Crippen LogP contribution in [0.25, 0.3) is 0 Å². The molecule has 0 aliphatic heterocycles. The molecule has 2 amide bonds. The van der Waals surface area contributed by atoms with Crippen LogP contribution >= 0.6 is 7.82 Å². The third-order valence-electron chi connectivity index (χ3n) is 5.80. The molecule has 3 N–H and O–H groups in total. The van der Waals surface area contributed by atoms with Crippen LogP contribution in [-0.4, -0.2) is 47.6 Å². The van der Waals surface area contributed by atoms with Crippen LogP contribution in [0.5, 0.6) is 11.5 Å². The summed E-state index contributed by atoms with van der Waals surface area (Å²) < 4.78 is 34.9. The predicted octanol–water partition coefficient (Wildman–Crippen LogP) is 4.75. The van der Waals surface area contributed by atoms with Gasteiger partial charge in [-0.25, -0.2) is 9.36 Å². The monoisotopic (exact) mass is 612 g/mol. The SMILES string of the molecule is CC(C)[C@H](NC(=O)OCc1ccccc1)C(=O)N[C@@H](CC(=O)O)C(=O)COP(=O)(Oc1ccccc1)Oc1ccccc1. The number of carbonyl (C=O) groups excluding carboxylic acids is 3. The number of rotatable bonds is 16. The predicted molar refractivity (Wildman–Crippen MR) is 155 cm³/mol. The van der Waals surface area contributed by atoms with Crippen molar-refractivity contribution in [3.8, 4) is 11.5 Å². The van der Waals surface area contributed by atoms with E-state index >= 15 is 0 Å². The summed E-state index contributed by atoms with van der Waals surface area (Å²) in [4.78, 5) is 50.1. The average molecular weight is 613 g/mol. The number of para-hydroxylation sites is 2. The van der Waals surface area contributed by atoms with Gasteiger partial charge in [-0.2, -0.15) is 0 Å². The van der Waals surface area contributed by atoms with Gasteiger partial charge in [-0.15, -0.1) is 0 Å². The van der Waals surface area contributed by atoms with E-state index in [0.717, 1.165) is 5.56 Å². The molecule has 43 heavy (non-hydrogen) atoms. The zero-order valence-corrected chi connectivity index (χ0v) is 24.5. The Bertz CT molecular complexity index is 1360. The van der Waals surface area contributed by atoms with Crippen LogP contribution in [0.1, 0.15) is 25.8 Å². The Hall–Kier alpha value is -4.67. The number of Topliss-reactive ketones (excluding diaryl/α,β-unsaturated/α-hetero) is 1. The highest BCUT2D eigenvalue weighted by Gasteiger charge is 2.35. The molecule has 0 aliphatic rings. The fraction of sp³-hybridized carbons (Fsp3) is 0.267. The number of phosphoric acid groups is 1. The number of nitrogens with one attached hydrogen (secondary N) is 2. The molecule has 0 bridgehead atoms. The molecule has 3 rings (SSSR count). The van der Waals surface area contributed by atoms with E-state index in [1.54, 1.807) is 74.5 Å². The van der Waals surface area contributed by atoms with Crippen molar-refractivity contribution in [2.45, 2.75) is 39.0 Å². The average Bonchev–Trinajstić information content (AvgIpc) is 2.98. The fourth-order valence-electron chi connectivity index (χ4n) is 3.64. The highest BCUT2D eigenvalue weighted by Crippen LogP contribution is 2.49. The molecule has 12 nitrogen and oxygen atoms in total. The fourth-order valence-corrected chi connectivity index (χ4v) is 4.83. The van der Waals surface area contributed by atoms with Crippen LogP contribution in [0.15, 0.2) is 91.0 Å². The normalized spacial score (nSPS) is 12.4. The molecule has 0 aromatic heterocycles. The number of hydrogen-bond acceptors (Lipinski definition) is 9. The number of aliphatic carboxylic acids is 1. The van der Waals surface area contributed by atoms with Gasteiger partial charge in [-0.05, 0) is 35.7 Å². The number of alkyl carbamates (subject to hydrolysis) is 1. The third kappa shape index (κ3) is 11.3. The minimum Gasteiger partial charge on any atom is -0.481 e. The minimum atomic E-state index is -4.47. The highest BCUT2D eigenvalue weighted by molar-refractivity contribution is 7.49. The first-order valence-corrected chi connectivity index (χ1v) is 14.8. The lowest BCUT2D eigenvalue weighted by Gasteiger charge is -2.24. The minimum absolute atomic E-state index is 0.0350. The van der Waals surface area contributed by atoms with Crippen molar-refractivity contribution in [3.05, 3.63) is 96.6 Å². The molecule has 2 atom stereocenters. The standard InChI is InChI=1S/C30H33N2O10P/c1-21(2)28(32-30(37)39-19-22-12-6-3-7-13-22)29(36)31-25(18-27(34)35)26(33)20-40-43(38,41-23-14-8-4-9-15-23)42-24-16-10-5-11-17-24/h3-17,21,25,28H,18-20H2,1-2H3,(H,31,36)(H,32,37)(H,34,35)/t25-,28-/m0/s1. The van der Waals surface area contributed by atoms with Gasteiger partial charge in [0.15, 0.2) is 5.78 Å². The van der Waals surface area contributed by atoms with Crippen LogP contribution in [0.4, 0.5) is 4.79 Å². The van der Waals surface area contributed by atoms with E-state index in [1.165, 1.54) is 24.3 Å². The van der Waals surface area contributed by atoms with Crippen molar-refractivity contribution in [3.63, 3.8) is 0 Å². The number of carbonyl (C=O) groups is 4. The topological polar surface area (TPSA) is 167 Å². The Morgan fingerprint density at radius 2 is 1.30 bits per heavy atom. The van der Waals surface area contributed by atoms with E-state index in [4.69, 9.17) is 18.3 Å². The van der Waals surface area contributed by atoms with E-state index in [9.17, 15) is 28.8 Å². The largest absolute Gasteiger partial charge is 0.588 e. The molecular weight excluding hydrogens is 579 g/mol. The molecule has 228 valence electrons. The van der Waals surface area contributed by atoms with E-state index < -0.39 is 62.6 Å². The van der Waals surface area contributed by atoms with E-state index in [-0.39, 0.29) is 18.1 Å². The van der Waals surface area contributed by atoms with Crippen molar-refractivity contribution >= 4 is 31.6 Å². The zero-order chi connectivity index (χ0) is 31.2. The number of amides is 2. The summed E-state index contributed by atoms with van der Waals surface area (Å²) in [6, 6.07) is 22.1. The molecule has 0 spiro atoms. The van der Waals surface area contributed by atoms with Crippen LogP contribution < -0.4 is 19.7 Å². The Balaban J connectivity index is 1.68. The van der Waals surface area contributed by atoms with Gasteiger partial charge in [-0.3, -0.25) is 18.9 Å². The van der Waals surface area contributed by atoms with Crippen LogP contribution in [0.3, 0.4) is 0 Å². The maximum atomic E-state index is 13.5.